The smallest absolute Gasteiger partial charge is 0.191 e. The van der Waals surface area contributed by atoms with Crippen molar-refractivity contribution in [1.82, 2.24) is 10.6 Å². The minimum atomic E-state index is 0. The van der Waals surface area contributed by atoms with Crippen LogP contribution in [0, 0.1) is 6.92 Å². The molecule has 0 radical (unpaired) electrons. The predicted molar refractivity (Wildman–Crippen MR) is 112 cm³/mol. The lowest BCUT2D eigenvalue weighted by molar-refractivity contribution is 0.411. The lowest BCUT2D eigenvalue weighted by Gasteiger charge is -2.13. The molecule has 2 aromatic carbocycles. The van der Waals surface area contributed by atoms with Crippen molar-refractivity contribution >= 4 is 41.5 Å². The van der Waals surface area contributed by atoms with Gasteiger partial charge in [0.2, 0.25) is 0 Å². The van der Waals surface area contributed by atoms with Crippen LogP contribution in [0.4, 0.5) is 0 Å². The van der Waals surface area contributed by atoms with Crippen LogP contribution in [0.3, 0.4) is 0 Å². The molecule has 2 rings (SSSR count). The molecule has 0 heterocycles. The molecule has 130 valence electrons. The zero-order valence-electron chi connectivity index (χ0n) is 14.1. The van der Waals surface area contributed by atoms with Gasteiger partial charge in [0.15, 0.2) is 5.96 Å². The summed E-state index contributed by atoms with van der Waals surface area (Å²) in [5, 5.41) is 7.33. The van der Waals surface area contributed by atoms with E-state index < -0.39 is 0 Å². The number of hydrogen-bond acceptors (Lipinski definition) is 2. The van der Waals surface area contributed by atoms with Gasteiger partial charge in [0.25, 0.3) is 0 Å². The minimum Gasteiger partial charge on any atom is -0.496 e. The molecule has 0 aromatic heterocycles. The van der Waals surface area contributed by atoms with E-state index in [1.165, 1.54) is 5.56 Å². The number of rotatable bonds is 5. The fourth-order valence-electron chi connectivity index (χ4n) is 2.24. The lowest BCUT2D eigenvalue weighted by atomic mass is 10.1. The Morgan fingerprint density at radius 2 is 1.62 bits per heavy atom. The van der Waals surface area contributed by atoms with Gasteiger partial charge in [-0.15, -0.1) is 24.0 Å². The Morgan fingerprint density at radius 3 is 2.17 bits per heavy atom. The zero-order valence-corrected chi connectivity index (χ0v) is 17.2. The summed E-state index contributed by atoms with van der Waals surface area (Å²) in [6.07, 6.45) is 0. The zero-order chi connectivity index (χ0) is 16.7. The van der Waals surface area contributed by atoms with E-state index in [2.05, 4.69) is 21.7 Å². The van der Waals surface area contributed by atoms with Crippen LogP contribution in [-0.2, 0) is 13.1 Å². The topological polar surface area (TPSA) is 45.7 Å². The third-order valence-corrected chi connectivity index (χ3v) is 3.77. The van der Waals surface area contributed by atoms with Gasteiger partial charge in [-0.3, -0.25) is 4.99 Å². The van der Waals surface area contributed by atoms with Crippen molar-refractivity contribution in [2.75, 3.05) is 14.2 Å². The third kappa shape index (κ3) is 6.20. The maximum Gasteiger partial charge on any atom is 0.191 e. The van der Waals surface area contributed by atoms with Crippen LogP contribution in [0.1, 0.15) is 16.7 Å². The number of aliphatic imine (C=N–C) groups is 1. The number of hydrogen-bond donors (Lipinski definition) is 2. The molecule has 0 fully saturated rings. The summed E-state index contributed by atoms with van der Waals surface area (Å²) in [5.41, 5.74) is 3.45. The van der Waals surface area contributed by atoms with Crippen molar-refractivity contribution in [3.05, 3.63) is 64.2 Å². The molecular weight excluding hydrogens is 437 g/mol. The van der Waals surface area contributed by atoms with Crippen molar-refractivity contribution < 1.29 is 4.74 Å². The Labute approximate surface area is 165 Å². The van der Waals surface area contributed by atoms with E-state index in [9.17, 15) is 0 Å². The molecular formula is C18H23ClIN3O. The Bertz CT molecular complexity index is 674. The Kier molecular flexibility index (Phi) is 8.92. The summed E-state index contributed by atoms with van der Waals surface area (Å²) in [6, 6.07) is 13.9. The van der Waals surface area contributed by atoms with Crippen LogP contribution in [0.5, 0.6) is 5.75 Å². The molecule has 2 aromatic rings. The van der Waals surface area contributed by atoms with E-state index in [4.69, 9.17) is 16.3 Å². The second-order valence-electron chi connectivity index (χ2n) is 5.21. The van der Waals surface area contributed by atoms with E-state index in [1.54, 1.807) is 14.2 Å². The summed E-state index contributed by atoms with van der Waals surface area (Å²) in [6.45, 7) is 3.43. The number of aryl methyl sites for hydroxylation is 1. The fourth-order valence-corrected chi connectivity index (χ4v) is 2.37. The molecule has 0 aliphatic rings. The number of nitrogens with one attached hydrogen (secondary N) is 2. The first-order valence-corrected chi connectivity index (χ1v) is 7.82. The van der Waals surface area contributed by atoms with Gasteiger partial charge in [-0.25, -0.2) is 0 Å². The van der Waals surface area contributed by atoms with Crippen LogP contribution in [0.2, 0.25) is 5.02 Å². The van der Waals surface area contributed by atoms with Gasteiger partial charge >= 0.3 is 0 Å². The number of guanidine groups is 1. The Morgan fingerprint density at radius 1 is 1.04 bits per heavy atom. The average Bonchev–Trinajstić information content (AvgIpc) is 2.56. The monoisotopic (exact) mass is 459 g/mol. The first-order valence-electron chi connectivity index (χ1n) is 7.45. The number of methoxy groups -OCH3 is 1. The fraction of sp³-hybridized carbons (Fsp3) is 0.278. The molecule has 0 aliphatic carbocycles. The molecule has 24 heavy (non-hydrogen) atoms. The SMILES string of the molecule is CN=C(NCc1ccc(Cl)cc1)NCc1ccc(OC)c(C)c1.I. The Balaban J connectivity index is 0.00000288. The minimum absolute atomic E-state index is 0. The maximum atomic E-state index is 5.89. The van der Waals surface area contributed by atoms with Gasteiger partial charge < -0.3 is 15.4 Å². The molecule has 0 bridgehead atoms. The van der Waals surface area contributed by atoms with Gasteiger partial charge in [0, 0.05) is 25.2 Å². The summed E-state index contributed by atoms with van der Waals surface area (Å²) in [4.78, 5) is 4.24. The summed E-state index contributed by atoms with van der Waals surface area (Å²) in [5.74, 6) is 1.66. The van der Waals surface area contributed by atoms with E-state index >= 15 is 0 Å². The average molecular weight is 460 g/mol. The third-order valence-electron chi connectivity index (χ3n) is 3.52. The van der Waals surface area contributed by atoms with Crippen LogP contribution in [-0.4, -0.2) is 20.1 Å². The van der Waals surface area contributed by atoms with Crippen molar-refractivity contribution in [3.63, 3.8) is 0 Å². The van der Waals surface area contributed by atoms with Crippen LogP contribution in [0.15, 0.2) is 47.5 Å². The van der Waals surface area contributed by atoms with E-state index in [1.807, 2.05) is 43.3 Å². The van der Waals surface area contributed by atoms with Crippen molar-refractivity contribution in [2.24, 2.45) is 4.99 Å². The number of nitrogens with zero attached hydrogens (tertiary/aromatic N) is 1. The predicted octanol–water partition coefficient (Wildman–Crippen LogP) is 4.14. The number of ether oxygens (including phenoxy) is 1. The second-order valence-corrected chi connectivity index (χ2v) is 5.65. The molecule has 2 N–H and O–H groups in total. The van der Waals surface area contributed by atoms with Gasteiger partial charge in [0.1, 0.15) is 5.75 Å². The van der Waals surface area contributed by atoms with E-state index in [-0.39, 0.29) is 24.0 Å². The molecule has 0 atom stereocenters. The quantitative estimate of drug-likeness (QED) is 0.401. The van der Waals surface area contributed by atoms with Gasteiger partial charge in [-0.05, 0) is 41.8 Å². The molecule has 0 amide bonds. The summed E-state index contributed by atoms with van der Waals surface area (Å²) >= 11 is 5.89. The summed E-state index contributed by atoms with van der Waals surface area (Å²) in [7, 11) is 3.44. The Hall–Kier alpha value is -1.47. The van der Waals surface area contributed by atoms with E-state index in [0.29, 0.717) is 13.1 Å². The van der Waals surface area contributed by atoms with E-state index in [0.717, 1.165) is 27.9 Å². The largest absolute Gasteiger partial charge is 0.496 e. The molecule has 4 nitrogen and oxygen atoms in total. The van der Waals surface area contributed by atoms with Crippen molar-refractivity contribution in [2.45, 2.75) is 20.0 Å². The molecule has 0 saturated carbocycles. The number of halogens is 2. The van der Waals surface area contributed by atoms with Crippen molar-refractivity contribution in [1.29, 1.82) is 0 Å². The first kappa shape index (κ1) is 20.6. The number of benzene rings is 2. The molecule has 0 saturated heterocycles. The van der Waals surface area contributed by atoms with Crippen molar-refractivity contribution in [3.8, 4) is 5.75 Å². The highest BCUT2D eigenvalue weighted by atomic mass is 127. The standard InChI is InChI=1S/C18H22ClN3O.HI/c1-13-10-15(6-9-17(13)23-3)12-22-18(20-2)21-11-14-4-7-16(19)8-5-14;/h4-10H,11-12H2,1-3H3,(H2,20,21,22);1H. The maximum absolute atomic E-state index is 5.89. The molecule has 0 spiro atoms. The van der Waals surface area contributed by atoms with Gasteiger partial charge in [-0.1, -0.05) is 35.9 Å². The highest BCUT2D eigenvalue weighted by Gasteiger charge is 2.02. The van der Waals surface area contributed by atoms with Gasteiger partial charge in [-0.2, -0.15) is 0 Å². The summed E-state index contributed by atoms with van der Waals surface area (Å²) < 4.78 is 5.28. The van der Waals surface area contributed by atoms with Gasteiger partial charge in [0.05, 0.1) is 7.11 Å². The van der Waals surface area contributed by atoms with Crippen LogP contribution < -0.4 is 15.4 Å². The van der Waals surface area contributed by atoms with Crippen LogP contribution >= 0.6 is 35.6 Å². The molecule has 6 heteroatoms. The van der Waals surface area contributed by atoms with Crippen LogP contribution in [0.25, 0.3) is 0 Å². The molecule has 0 unspecified atom stereocenters. The highest BCUT2D eigenvalue weighted by molar-refractivity contribution is 14.0. The molecule has 0 aliphatic heterocycles. The second kappa shape index (κ2) is 10.4. The first-order chi connectivity index (χ1) is 11.1. The highest BCUT2D eigenvalue weighted by Crippen LogP contribution is 2.18. The normalized spacial score (nSPS) is 10.8. The lowest BCUT2D eigenvalue weighted by Crippen LogP contribution is -2.36.